The highest BCUT2D eigenvalue weighted by Crippen LogP contribution is 2.25. The maximum Gasteiger partial charge on any atom is 0.0702 e. The molecule has 0 saturated carbocycles. The molecule has 0 aromatic rings. The van der Waals surface area contributed by atoms with Crippen molar-refractivity contribution in [2.75, 3.05) is 26.2 Å². The quantitative estimate of drug-likeness (QED) is 0.730. The van der Waals surface area contributed by atoms with Crippen molar-refractivity contribution in [3.63, 3.8) is 0 Å². The third-order valence-corrected chi connectivity index (χ3v) is 3.70. The molecule has 2 fully saturated rings. The van der Waals surface area contributed by atoms with Crippen LogP contribution in [0.5, 0.6) is 0 Å². The fourth-order valence-electron chi connectivity index (χ4n) is 2.75. The van der Waals surface area contributed by atoms with Crippen LogP contribution >= 0.6 is 0 Å². The number of nitrogens with zero attached hydrogens (tertiary/aromatic N) is 1. The van der Waals surface area contributed by atoms with E-state index in [0.717, 1.165) is 25.6 Å². The van der Waals surface area contributed by atoms with Crippen LogP contribution in [0.3, 0.4) is 0 Å². The van der Waals surface area contributed by atoms with Gasteiger partial charge in [0.2, 0.25) is 0 Å². The number of nitrogens with two attached hydrogens (primary N) is 1. The van der Waals surface area contributed by atoms with E-state index in [1.807, 2.05) is 0 Å². The molecule has 2 saturated heterocycles. The molecule has 0 spiro atoms. The van der Waals surface area contributed by atoms with E-state index in [1.54, 1.807) is 0 Å². The molecule has 82 valence electrons. The highest BCUT2D eigenvalue weighted by molar-refractivity contribution is 4.87. The summed E-state index contributed by atoms with van der Waals surface area (Å²) in [5, 5.41) is 0. The van der Waals surface area contributed by atoms with Crippen LogP contribution in [-0.2, 0) is 4.74 Å². The van der Waals surface area contributed by atoms with Gasteiger partial charge in [-0.1, -0.05) is 6.92 Å². The van der Waals surface area contributed by atoms with Crippen molar-refractivity contribution in [3.8, 4) is 0 Å². The van der Waals surface area contributed by atoms with E-state index < -0.39 is 0 Å². The summed E-state index contributed by atoms with van der Waals surface area (Å²) in [7, 11) is 0. The van der Waals surface area contributed by atoms with Crippen LogP contribution in [0.2, 0.25) is 0 Å². The first-order valence-electron chi connectivity index (χ1n) is 5.87. The molecule has 2 aliphatic heterocycles. The Morgan fingerprint density at radius 3 is 2.93 bits per heavy atom. The minimum Gasteiger partial charge on any atom is -0.377 e. The number of rotatable bonds is 3. The third kappa shape index (κ3) is 2.10. The van der Waals surface area contributed by atoms with Crippen molar-refractivity contribution >= 4 is 0 Å². The summed E-state index contributed by atoms with van der Waals surface area (Å²) in [6, 6.07) is 0.596. The first kappa shape index (κ1) is 10.4. The van der Waals surface area contributed by atoms with Crippen molar-refractivity contribution in [1.29, 1.82) is 0 Å². The summed E-state index contributed by atoms with van der Waals surface area (Å²) in [4.78, 5) is 2.53. The minimum absolute atomic E-state index is 0.481. The van der Waals surface area contributed by atoms with Gasteiger partial charge in [0.05, 0.1) is 6.10 Å². The van der Waals surface area contributed by atoms with Crippen LogP contribution in [0, 0.1) is 5.92 Å². The average molecular weight is 198 g/mol. The molecule has 0 aromatic carbocycles. The molecule has 0 bridgehead atoms. The lowest BCUT2D eigenvalue weighted by Gasteiger charge is -2.27. The monoisotopic (exact) mass is 198 g/mol. The Morgan fingerprint density at radius 2 is 2.29 bits per heavy atom. The smallest absolute Gasteiger partial charge is 0.0702 e. The molecule has 14 heavy (non-hydrogen) atoms. The Labute approximate surface area is 86.6 Å². The van der Waals surface area contributed by atoms with E-state index in [4.69, 9.17) is 10.5 Å². The second-order valence-corrected chi connectivity index (χ2v) is 4.70. The van der Waals surface area contributed by atoms with Crippen LogP contribution in [0.15, 0.2) is 0 Å². The lowest BCUT2D eigenvalue weighted by molar-refractivity contribution is 0.0672. The molecule has 3 atom stereocenters. The van der Waals surface area contributed by atoms with Gasteiger partial charge in [-0.25, -0.2) is 0 Å². The Hall–Kier alpha value is -0.120. The van der Waals surface area contributed by atoms with Gasteiger partial charge in [-0.05, 0) is 31.7 Å². The summed E-state index contributed by atoms with van der Waals surface area (Å²) in [6.07, 6.45) is 4.26. The first-order chi connectivity index (χ1) is 6.81. The number of ether oxygens (including phenoxy) is 1. The molecule has 3 unspecified atom stereocenters. The minimum atomic E-state index is 0.481. The summed E-state index contributed by atoms with van der Waals surface area (Å²) in [5.41, 5.74) is 5.81. The van der Waals surface area contributed by atoms with Gasteiger partial charge in [0.15, 0.2) is 0 Å². The second-order valence-electron chi connectivity index (χ2n) is 4.70. The summed E-state index contributed by atoms with van der Waals surface area (Å²) in [5.74, 6) is 0.765. The van der Waals surface area contributed by atoms with Crippen LogP contribution in [0.1, 0.15) is 26.2 Å². The lowest BCUT2D eigenvalue weighted by atomic mass is 10.0. The lowest BCUT2D eigenvalue weighted by Crippen LogP contribution is -2.42. The van der Waals surface area contributed by atoms with Crippen molar-refractivity contribution in [2.45, 2.75) is 38.3 Å². The van der Waals surface area contributed by atoms with Crippen molar-refractivity contribution < 1.29 is 4.74 Å². The molecule has 2 heterocycles. The van der Waals surface area contributed by atoms with Crippen molar-refractivity contribution in [1.82, 2.24) is 4.90 Å². The van der Waals surface area contributed by atoms with Gasteiger partial charge < -0.3 is 10.5 Å². The maximum atomic E-state index is 5.81. The zero-order valence-corrected chi connectivity index (χ0v) is 9.11. The standard InChI is InChI=1S/C11H22N2O/c1-9-4-5-13(11(9)7-12)8-10-3-2-6-14-10/h9-11H,2-8,12H2,1H3. The van der Waals surface area contributed by atoms with Crippen LogP contribution in [0.25, 0.3) is 0 Å². The van der Waals surface area contributed by atoms with Crippen LogP contribution in [-0.4, -0.2) is 43.3 Å². The molecule has 0 aromatic heterocycles. The molecule has 0 amide bonds. The number of hydrogen-bond donors (Lipinski definition) is 1. The van der Waals surface area contributed by atoms with Crippen molar-refractivity contribution in [2.24, 2.45) is 11.7 Å². The first-order valence-corrected chi connectivity index (χ1v) is 5.87. The topological polar surface area (TPSA) is 38.5 Å². The fraction of sp³-hybridized carbons (Fsp3) is 1.00. The zero-order valence-electron chi connectivity index (χ0n) is 9.11. The van der Waals surface area contributed by atoms with E-state index >= 15 is 0 Å². The molecule has 0 radical (unpaired) electrons. The highest BCUT2D eigenvalue weighted by Gasteiger charge is 2.32. The van der Waals surface area contributed by atoms with E-state index in [-0.39, 0.29) is 0 Å². The summed E-state index contributed by atoms with van der Waals surface area (Å²) < 4.78 is 5.66. The zero-order chi connectivity index (χ0) is 9.97. The molecule has 2 aliphatic rings. The molecule has 3 heteroatoms. The van der Waals surface area contributed by atoms with Gasteiger partial charge in [0.25, 0.3) is 0 Å². The normalized spacial score (nSPS) is 39.4. The third-order valence-electron chi connectivity index (χ3n) is 3.70. The van der Waals surface area contributed by atoms with Gasteiger partial charge in [0, 0.05) is 25.7 Å². The molecule has 3 nitrogen and oxygen atoms in total. The van der Waals surface area contributed by atoms with E-state index in [2.05, 4.69) is 11.8 Å². The Balaban J connectivity index is 1.84. The Bertz CT molecular complexity index is 180. The molecule has 2 N–H and O–H groups in total. The van der Waals surface area contributed by atoms with E-state index in [9.17, 15) is 0 Å². The van der Waals surface area contributed by atoms with Gasteiger partial charge in [-0.2, -0.15) is 0 Å². The van der Waals surface area contributed by atoms with Crippen LogP contribution < -0.4 is 5.73 Å². The average Bonchev–Trinajstić information content (AvgIpc) is 2.77. The molecular formula is C11H22N2O. The van der Waals surface area contributed by atoms with E-state index in [1.165, 1.54) is 25.8 Å². The van der Waals surface area contributed by atoms with Gasteiger partial charge in [0.1, 0.15) is 0 Å². The SMILES string of the molecule is CC1CCN(CC2CCCO2)C1CN. The summed E-state index contributed by atoms with van der Waals surface area (Å²) >= 11 is 0. The van der Waals surface area contributed by atoms with Crippen molar-refractivity contribution in [3.05, 3.63) is 0 Å². The summed E-state index contributed by atoms with van der Waals surface area (Å²) in [6.45, 7) is 6.39. The number of likely N-dealkylation sites (tertiary alicyclic amines) is 1. The highest BCUT2D eigenvalue weighted by atomic mass is 16.5. The van der Waals surface area contributed by atoms with Gasteiger partial charge >= 0.3 is 0 Å². The predicted molar refractivity (Wildman–Crippen MR) is 57.2 cm³/mol. The van der Waals surface area contributed by atoms with Gasteiger partial charge in [-0.15, -0.1) is 0 Å². The fourth-order valence-corrected chi connectivity index (χ4v) is 2.75. The predicted octanol–water partition coefficient (Wildman–Crippen LogP) is 0.835. The van der Waals surface area contributed by atoms with Crippen LogP contribution in [0.4, 0.5) is 0 Å². The second kappa shape index (κ2) is 4.60. The maximum absolute atomic E-state index is 5.81. The largest absolute Gasteiger partial charge is 0.377 e. The molecule has 2 rings (SSSR count). The van der Waals surface area contributed by atoms with E-state index in [0.29, 0.717) is 12.1 Å². The Morgan fingerprint density at radius 1 is 1.43 bits per heavy atom. The Kier molecular flexibility index (Phi) is 3.42. The number of hydrogen-bond acceptors (Lipinski definition) is 3. The molecular weight excluding hydrogens is 176 g/mol. The molecule has 0 aliphatic carbocycles. The van der Waals surface area contributed by atoms with Gasteiger partial charge in [-0.3, -0.25) is 4.90 Å².